The second kappa shape index (κ2) is 14.7. The minimum Gasteiger partial charge on any atom is -0.395 e. The Kier molecular flexibility index (Phi) is 16.6. The molecule has 0 bridgehead atoms. The Bertz CT molecular complexity index is 108. The van der Waals surface area contributed by atoms with E-state index in [0.717, 1.165) is 0 Å². The average molecular weight is 241 g/mol. The zero-order chi connectivity index (χ0) is 12.8. The van der Waals surface area contributed by atoms with Crippen LogP contribution in [0.1, 0.15) is 0 Å². The van der Waals surface area contributed by atoms with Crippen molar-refractivity contribution in [2.24, 2.45) is 0 Å². The molecule has 0 heterocycles. The standard InChI is InChI=1S/C6H15NO3.C3H8O3/c8-4-1-7(2-5-9)3-6-10;4-1-3(6)2-5/h8-10H,1-6H2;3-6H,1-2H2. The van der Waals surface area contributed by atoms with Gasteiger partial charge in [-0.25, -0.2) is 0 Å². The van der Waals surface area contributed by atoms with E-state index in [0.29, 0.717) is 19.6 Å². The summed E-state index contributed by atoms with van der Waals surface area (Å²) >= 11 is 0. The van der Waals surface area contributed by atoms with Crippen LogP contribution in [0, 0.1) is 0 Å². The highest BCUT2D eigenvalue weighted by atomic mass is 16.3. The highest BCUT2D eigenvalue weighted by molar-refractivity contribution is 4.54. The monoisotopic (exact) mass is 241 g/mol. The van der Waals surface area contributed by atoms with Crippen molar-refractivity contribution < 1.29 is 30.6 Å². The molecule has 7 nitrogen and oxygen atoms in total. The van der Waals surface area contributed by atoms with Gasteiger partial charge >= 0.3 is 0 Å². The molecule has 6 N–H and O–H groups in total. The molecule has 0 aliphatic rings. The van der Waals surface area contributed by atoms with Crippen LogP contribution in [0.15, 0.2) is 0 Å². The Labute approximate surface area is 95.2 Å². The summed E-state index contributed by atoms with van der Waals surface area (Å²) in [6, 6.07) is 0. The summed E-state index contributed by atoms with van der Waals surface area (Å²) in [5.41, 5.74) is 0. The molecule has 0 aromatic heterocycles. The van der Waals surface area contributed by atoms with Crippen molar-refractivity contribution in [2.45, 2.75) is 6.10 Å². The summed E-state index contributed by atoms with van der Waals surface area (Å²) in [5, 5.41) is 49.5. The third-order valence-electron chi connectivity index (χ3n) is 1.67. The maximum Gasteiger partial charge on any atom is 0.100 e. The zero-order valence-electron chi connectivity index (χ0n) is 9.36. The Morgan fingerprint density at radius 2 is 1.00 bits per heavy atom. The summed E-state index contributed by atoms with van der Waals surface area (Å²) in [4.78, 5) is 1.79. The van der Waals surface area contributed by atoms with Crippen LogP contribution in [-0.2, 0) is 0 Å². The third-order valence-corrected chi connectivity index (χ3v) is 1.67. The molecule has 0 fully saturated rings. The van der Waals surface area contributed by atoms with E-state index in [2.05, 4.69) is 0 Å². The number of aliphatic hydroxyl groups excluding tert-OH is 6. The van der Waals surface area contributed by atoms with Crippen LogP contribution < -0.4 is 0 Å². The summed E-state index contributed by atoms with van der Waals surface area (Å²) in [6.07, 6.45) is -0.954. The Morgan fingerprint density at radius 3 is 1.12 bits per heavy atom. The summed E-state index contributed by atoms with van der Waals surface area (Å²) in [6.45, 7) is 1.02. The van der Waals surface area contributed by atoms with Gasteiger partial charge in [-0.2, -0.15) is 0 Å². The molecule has 0 aromatic carbocycles. The van der Waals surface area contributed by atoms with Gasteiger partial charge < -0.3 is 30.6 Å². The second-order valence-corrected chi connectivity index (χ2v) is 3.03. The predicted octanol–water partition coefficient (Wildman–Crippen LogP) is -3.40. The van der Waals surface area contributed by atoms with Crippen LogP contribution in [-0.4, -0.2) is 94.3 Å². The van der Waals surface area contributed by atoms with Crippen LogP contribution >= 0.6 is 0 Å². The first-order valence-corrected chi connectivity index (χ1v) is 5.10. The van der Waals surface area contributed by atoms with Crippen molar-refractivity contribution in [1.82, 2.24) is 4.90 Å². The molecule has 0 atom stereocenters. The summed E-state index contributed by atoms with van der Waals surface area (Å²) in [7, 11) is 0. The SMILES string of the molecule is OCC(O)CO.OCCN(CCO)CCO. The number of nitrogens with zero attached hydrogens (tertiary/aromatic N) is 1. The molecular weight excluding hydrogens is 218 g/mol. The lowest BCUT2D eigenvalue weighted by Gasteiger charge is -2.17. The van der Waals surface area contributed by atoms with E-state index < -0.39 is 6.10 Å². The lowest BCUT2D eigenvalue weighted by Crippen LogP contribution is -2.32. The first kappa shape index (κ1) is 18.1. The molecule has 0 aliphatic heterocycles. The Balaban J connectivity index is 0. The highest BCUT2D eigenvalue weighted by Gasteiger charge is 2.00. The van der Waals surface area contributed by atoms with Gasteiger partial charge in [0.1, 0.15) is 6.10 Å². The number of rotatable bonds is 8. The summed E-state index contributed by atoms with van der Waals surface area (Å²) < 4.78 is 0. The van der Waals surface area contributed by atoms with E-state index in [1.807, 2.05) is 0 Å². The van der Waals surface area contributed by atoms with Gasteiger partial charge in [-0.3, -0.25) is 4.90 Å². The molecule has 16 heavy (non-hydrogen) atoms. The first-order valence-electron chi connectivity index (χ1n) is 5.10. The van der Waals surface area contributed by atoms with Gasteiger partial charge in [0.05, 0.1) is 33.0 Å². The molecular formula is C9H23NO6. The molecule has 100 valence electrons. The van der Waals surface area contributed by atoms with E-state index in [9.17, 15) is 0 Å². The van der Waals surface area contributed by atoms with Crippen molar-refractivity contribution in [3.63, 3.8) is 0 Å². The molecule has 0 aromatic rings. The van der Waals surface area contributed by atoms with Crippen LogP contribution in [0.3, 0.4) is 0 Å². The van der Waals surface area contributed by atoms with Crippen LogP contribution in [0.25, 0.3) is 0 Å². The van der Waals surface area contributed by atoms with Gasteiger partial charge in [-0.05, 0) is 0 Å². The normalized spacial score (nSPS) is 10.5. The van der Waals surface area contributed by atoms with E-state index in [-0.39, 0.29) is 33.0 Å². The maximum atomic E-state index is 8.48. The molecule has 0 rings (SSSR count). The molecule has 7 heteroatoms. The quantitative estimate of drug-likeness (QED) is 0.262. The maximum absolute atomic E-state index is 8.48. The largest absolute Gasteiger partial charge is 0.395 e. The van der Waals surface area contributed by atoms with Crippen LogP contribution in [0.5, 0.6) is 0 Å². The highest BCUT2D eigenvalue weighted by Crippen LogP contribution is 1.84. The van der Waals surface area contributed by atoms with E-state index in [4.69, 9.17) is 30.6 Å². The van der Waals surface area contributed by atoms with Crippen molar-refractivity contribution >= 4 is 0 Å². The molecule has 0 saturated heterocycles. The lowest BCUT2D eigenvalue weighted by molar-refractivity contribution is 0.0450. The molecule has 0 unspecified atom stereocenters. The fourth-order valence-electron chi connectivity index (χ4n) is 0.817. The minimum atomic E-state index is -0.954. The smallest absolute Gasteiger partial charge is 0.100 e. The number of aliphatic hydroxyl groups is 6. The van der Waals surface area contributed by atoms with E-state index >= 15 is 0 Å². The number of hydrogen-bond donors (Lipinski definition) is 6. The zero-order valence-corrected chi connectivity index (χ0v) is 9.36. The fourth-order valence-corrected chi connectivity index (χ4v) is 0.817. The fraction of sp³-hybridized carbons (Fsp3) is 1.00. The predicted molar refractivity (Wildman–Crippen MR) is 57.9 cm³/mol. The first-order chi connectivity index (χ1) is 7.65. The van der Waals surface area contributed by atoms with Gasteiger partial charge in [-0.1, -0.05) is 0 Å². The molecule has 0 aliphatic carbocycles. The van der Waals surface area contributed by atoms with Crippen molar-refractivity contribution in [1.29, 1.82) is 0 Å². The molecule has 0 amide bonds. The Hall–Kier alpha value is -0.280. The van der Waals surface area contributed by atoms with Gasteiger partial charge in [0.25, 0.3) is 0 Å². The second-order valence-electron chi connectivity index (χ2n) is 3.03. The minimum absolute atomic E-state index is 0.0694. The third kappa shape index (κ3) is 13.7. The van der Waals surface area contributed by atoms with Gasteiger partial charge in [0.15, 0.2) is 0 Å². The van der Waals surface area contributed by atoms with Crippen molar-refractivity contribution in [2.75, 3.05) is 52.7 Å². The topological polar surface area (TPSA) is 125 Å². The van der Waals surface area contributed by atoms with E-state index in [1.165, 1.54) is 0 Å². The molecule has 0 radical (unpaired) electrons. The van der Waals surface area contributed by atoms with Gasteiger partial charge in [-0.15, -0.1) is 0 Å². The van der Waals surface area contributed by atoms with Crippen molar-refractivity contribution in [3.8, 4) is 0 Å². The van der Waals surface area contributed by atoms with Crippen molar-refractivity contribution in [3.05, 3.63) is 0 Å². The van der Waals surface area contributed by atoms with Crippen LogP contribution in [0.2, 0.25) is 0 Å². The van der Waals surface area contributed by atoms with Crippen LogP contribution in [0.4, 0.5) is 0 Å². The average Bonchev–Trinajstić information content (AvgIpc) is 2.30. The van der Waals surface area contributed by atoms with Gasteiger partial charge in [0.2, 0.25) is 0 Å². The summed E-state index contributed by atoms with van der Waals surface area (Å²) in [5.74, 6) is 0. The van der Waals surface area contributed by atoms with Gasteiger partial charge in [0, 0.05) is 19.6 Å². The Morgan fingerprint density at radius 1 is 0.688 bits per heavy atom. The molecule has 0 saturated carbocycles. The number of hydrogen-bond acceptors (Lipinski definition) is 7. The lowest BCUT2D eigenvalue weighted by atomic mass is 10.4. The molecule has 0 spiro atoms. The van der Waals surface area contributed by atoms with E-state index in [1.54, 1.807) is 4.90 Å².